The molecule has 0 amide bonds. The third kappa shape index (κ3) is 7.44. The zero-order valence-electron chi connectivity index (χ0n) is 22.1. The van der Waals surface area contributed by atoms with Crippen molar-refractivity contribution in [2.75, 3.05) is 0 Å². The summed E-state index contributed by atoms with van der Waals surface area (Å²) in [7, 11) is 0. The van der Waals surface area contributed by atoms with Crippen molar-refractivity contribution in [3.8, 4) is 11.8 Å². The molecule has 0 bridgehead atoms. The maximum Gasteiger partial charge on any atom is 0.321 e. The van der Waals surface area contributed by atoms with Crippen molar-refractivity contribution in [1.82, 2.24) is 0 Å². The molecular weight excluding hydrogens is 430 g/mol. The molecule has 3 heteroatoms. The van der Waals surface area contributed by atoms with E-state index in [-0.39, 0.29) is 5.97 Å². The summed E-state index contributed by atoms with van der Waals surface area (Å²) in [4.78, 5) is 13.7. The number of esters is 1. The minimum absolute atomic E-state index is 0.212. The summed E-state index contributed by atoms with van der Waals surface area (Å²) in [6, 6.07) is 16.6. The number of carbonyl (C=O) groups excluding carboxylic acids is 1. The van der Waals surface area contributed by atoms with Gasteiger partial charge in [-0.1, -0.05) is 96.0 Å². The fraction of sp³-hybridized carbons (Fsp3) is 0.562. The van der Waals surface area contributed by atoms with Crippen molar-refractivity contribution in [3.63, 3.8) is 0 Å². The Morgan fingerprint density at radius 2 is 1.63 bits per heavy atom. The number of benzene rings is 2. The lowest BCUT2D eigenvalue weighted by Gasteiger charge is -2.35. The fourth-order valence-corrected chi connectivity index (χ4v) is 5.25. The first-order valence-corrected chi connectivity index (χ1v) is 13.8. The molecule has 2 aromatic rings. The second kappa shape index (κ2) is 13.5. The average Bonchev–Trinajstić information content (AvgIpc) is 2.88. The molecule has 1 saturated carbocycles. The fourth-order valence-electron chi connectivity index (χ4n) is 5.25. The van der Waals surface area contributed by atoms with Gasteiger partial charge < -0.3 is 4.74 Å². The van der Waals surface area contributed by atoms with Gasteiger partial charge in [0.25, 0.3) is 0 Å². The van der Waals surface area contributed by atoms with Crippen LogP contribution in [0.5, 0.6) is 5.75 Å². The van der Waals surface area contributed by atoms with Crippen LogP contribution in [-0.2, 0) is 23.1 Å². The Kier molecular flexibility index (Phi) is 10.4. The van der Waals surface area contributed by atoms with E-state index in [0.29, 0.717) is 17.2 Å². The quantitative estimate of drug-likeness (QED) is 0.176. The van der Waals surface area contributed by atoms with Crippen LogP contribution in [0.15, 0.2) is 42.5 Å². The third-order valence-electron chi connectivity index (χ3n) is 7.55. The highest BCUT2D eigenvalue weighted by Gasteiger charge is 2.43. The smallest absolute Gasteiger partial charge is 0.321 e. The van der Waals surface area contributed by atoms with E-state index in [1.54, 1.807) is 0 Å². The van der Waals surface area contributed by atoms with Gasteiger partial charge in [-0.25, -0.2) is 0 Å². The molecule has 0 aromatic heterocycles. The van der Waals surface area contributed by atoms with E-state index < -0.39 is 5.41 Å². The number of nitrogens with zero attached hydrogens (tertiary/aromatic N) is 1. The van der Waals surface area contributed by atoms with Gasteiger partial charge in [0.2, 0.25) is 0 Å². The van der Waals surface area contributed by atoms with Crippen LogP contribution in [0.25, 0.3) is 0 Å². The van der Waals surface area contributed by atoms with Gasteiger partial charge >= 0.3 is 5.97 Å². The number of unbranched alkanes of at least 4 members (excludes halogenated alkanes) is 4. The molecule has 0 atom stereocenters. The number of rotatable bonds is 12. The van der Waals surface area contributed by atoms with Gasteiger partial charge in [-0.3, -0.25) is 4.79 Å². The van der Waals surface area contributed by atoms with Gasteiger partial charge in [0.1, 0.15) is 11.8 Å². The average molecular weight is 474 g/mol. The monoisotopic (exact) mass is 473 g/mol. The van der Waals surface area contributed by atoms with E-state index in [1.165, 1.54) is 31.2 Å². The van der Waals surface area contributed by atoms with Crippen LogP contribution >= 0.6 is 0 Å². The Morgan fingerprint density at radius 1 is 0.943 bits per heavy atom. The summed E-state index contributed by atoms with van der Waals surface area (Å²) in [5.41, 5.74) is 3.35. The highest BCUT2D eigenvalue weighted by atomic mass is 16.5. The van der Waals surface area contributed by atoms with Crippen molar-refractivity contribution < 1.29 is 9.53 Å². The van der Waals surface area contributed by atoms with Crippen LogP contribution in [0.3, 0.4) is 0 Å². The molecule has 1 fully saturated rings. The van der Waals surface area contributed by atoms with Crippen molar-refractivity contribution in [1.29, 1.82) is 5.26 Å². The Bertz CT molecular complexity index is 978. The molecule has 0 saturated heterocycles. The summed E-state index contributed by atoms with van der Waals surface area (Å²) in [6.45, 7) is 6.72. The van der Waals surface area contributed by atoms with Gasteiger partial charge in [-0.05, 0) is 73.3 Å². The number of aryl methyl sites for hydroxylation is 2. The highest BCUT2D eigenvalue weighted by Crippen LogP contribution is 2.41. The van der Waals surface area contributed by atoms with E-state index in [0.717, 1.165) is 68.9 Å². The number of carbonyl (C=O) groups is 1. The first-order valence-electron chi connectivity index (χ1n) is 13.8. The molecule has 0 N–H and O–H groups in total. The molecule has 0 spiro atoms. The number of ether oxygens (including phenoxy) is 1. The number of hydrogen-bond acceptors (Lipinski definition) is 3. The third-order valence-corrected chi connectivity index (χ3v) is 7.55. The second-order valence-electron chi connectivity index (χ2n) is 10.8. The molecule has 188 valence electrons. The lowest BCUT2D eigenvalue weighted by molar-refractivity contribution is -0.142. The van der Waals surface area contributed by atoms with E-state index in [1.807, 2.05) is 18.2 Å². The van der Waals surface area contributed by atoms with Gasteiger partial charge in [0.05, 0.1) is 11.0 Å². The second-order valence-corrected chi connectivity index (χ2v) is 10.8. The number of nitriles is 1. The van der Waals surface area contributed by atoms with Crippen LogP contribution < -0.4 is 4.74 Å². The predicted octanol–water partition coefficient (Wildman–Crippen LogP) is 8.47. The molecule has 1 aliphatic carbocycles. The molecule has 2 aromatic carbocycles. The Morgan fingerprint density at radius 3 is 2.29 bits per heavy atom. The largest absolute Gasteiger partial charge is 0.424 e. The molecule has 3 nitrogen and oxygen atoms in total. The minimum atomic E-state index is -0.625. The van der Waals surface area contributed by atoms with Crippen LogP contribution in [0.4, 0.5) is 0 Å². The van der Waals surface area contributed by atoms with Gasteiger partial charge in [0, 0.05) is 0 Å². The minimum Gasteiger partial charge on any atom is -0.424 e. The summed E-state index contributed by atoms with van der Waals surface area (Å²) < 4.78 is 5.99. The zero-order valence-corrected chi connectivity index (χ0v) is 22.1. The maximum absolute atomic E-state index is 13.7. The van der Waals surface area contributed by atoms with E-state index in [9.17, 15) is 10.1 Å². The van der Waals surface area contributed by atoms with Crippen LogP contribution in [0, 0.1) is 17.2 Å². The van der Waals surface area contributed by atoms with Crippen molar-refractivity contribution in [3.05, 3.63) is 64.7 Å². The lowest BCUT2D eigenvalue weighted by Crippen LogP contribution is -2.41. The normalized spacial score (nSPS) is 15.1. The standard InChI is InChI=1S/C32H43NO2/c1-4-5-6-7-9-12-27-17-20-30(28(23-27)24-33)35-31(34)32(21-10-8-11-22-32)29-18-15-26(16-19-29)14-13-25(2)3/h15-20,23,25H,4-14,21-22H2,1-3H3. The van der Waals surface area contributed by atoms with Gasteiger partial charge in [0.15, 0.2) is 0 Å². The number of hydrogen-bond donors (Lipinski definition) is 0. The molecule has 35 heavy (non-hydrogen) atoms. The lowest BCUT2D eigenvalue weighted by atomic mass is 9.69. The van der Waals surface area contributed by atoms with Gasteiger partial charge in [-0.15, -0.1) is 0 Å². The molecule has 0 radical (unpaired) electrons. The van der Waals surface area contributed by atoms with Crippen molar-refractivity contribution >= 4 is 5.97 Å². The predicted molar refractivity (Wildman–Crippen MR) is 144 cm³/mol. The maximum atomic E-state index is 13.7. The Balaban J connectivity index is 1.74. The van der Waals surface area contributed by atoms with E-state index in [4.69, 9.17) is 4.74 Å². The van der Waals surface area contributed by atoms with Crippen molar-refractivity contribution in [2.45, 2.75) is 110 Å². The summed E-state index contributed by atoms with van der Waals surface area (Å²) >= 11 is 0. The molecule has 0 aliphatic heterocycles. The van der Waals surface area contributed by atoms with Gasteiger partial charge in [-0.2, -0.15) is 5.26 Å². The first-order chi connectivity index (χ1) is 17.0. The topological polar surface area (TPSA) is 50.1 Å². The van der Waals surface area contributed by atoms with Crippen LogP contribution in [0.2, 0.25) is 0 Å². The molecule has 1 aliphatic rings. The first kappa shape index (κ1) is 27.0. The zero-order chi connectivity index (χ0) is 25.1. The summed E-state index contributed by atoms with van der Waals surface area (Å²) in [5.74, 6) is 0.859. The molecular formula is C32H43NO2. The Labute approximate surface area is 212 Å². The van der Waals surface area contributed by atoms with Crippen LogP contribution in [-0.4, -0.2) is 5.97 Å². The summed E-state index contributed by atoms with van der Waals surface area (Å²) in [5, 5.41) is 9.77. The molecule has 0 heterocycles. The Hall–Kier alpha value is -2.60. The highest BCUT2D eigenvalue weighted by molar-refractivity contribution is 5.85. The molecule has 3 rings (SSSR count). The SMILES string of the molecule is CCCCCCCc1ccc(OC(=O)C2(c3ccc(CCC(C)C)cc3)CCCCC2)c(C#N)c1. The van der Waals surface area contributed by atoms with Crippen LogP contribution in [0.1, 0.15) is 114 Å². The van der Waals surface area contributed by atoms with E-state index in [2.05, 4.69) is 51.1 Å². The van der Waals surface area contributed by atoms with E-state index >= 15 is 0 Å². The molecule has 0 unspecified atom stereocenters. The summed E-state index contributed by atoms with van der Waals surface area (Å²) in [6.07, 6.45) is 14.1. The van der Waals surface area contributed by atoms with Crippen molar-refractivity contribution in [2.24, 2.45) is 5.92 Å².